The fourth-order valence-corrected chi connectivity index (χ4v) is 3.07. The fraction of sp³-hybridized carbons (Fsp3) is 0.474. The number of hydrogen-bond donors (Lipinski definition) is 0. The molecular weight excluding hydrogens is 296 g/mol. The Kier molecular flexibility index (Phi) is 6.38. The van der Waals surface area contributed by atoms with Gasteiger partial charge in [0.1, 0.15) is 11.5 Å². The maximum absolute atomic E-state index is 6.15. The van der Waals surface area contributed by atoms with Crippen LogP contribution in [0.15, 0.2) is 30.3 Å². The van der Waals surface area contributed by atoms with E-state index in [1.54, 1.807) is 7.11 Å². The van der Waals surface area contributed by atoms with Crippen LogP contribution < -0.4 is 9.47 Å². The molecule has 2 rings (SSSR count). The number of aryl methyl sites for hydroxylation is 1. The van der Waals surface area contributed by atoms with Gasteiger partial charge in [-0.2, -0.15) is 0 Å². The van der Waals surface area contributed by atoms with Crippen LogP contribution in [0, 0.1) is 5.92 Å². The van der Waals surface area contributed by atoms with E-state index in [9.17, 15) is 0 Å². The van der Waals surface area contributed by atoms with Crippen LogP contribution in [0.1, 0.15) is 32.3 Å². The molecule has 120 valence electrons. The molecule has 0 aliphatic rings. The van der Waals surface area contributed by atoms with Crippen molar-refractivity contribution in [3.05, 3.63) is 35.9 Å². The quantitative estimate of drug-likeness (QED) is 0.602. The molecule has 0 aliphatic carbocycles. The van der Waals surface area contributed by atoms with Crippen molar-refractivity contribution in [3.63, 3.8) is 0 Å². The Hall–Kier alpha value is -1.41. The lowest BCUT2D eigenvalue weighted by atomic mass is 10.0. The summed E-state index contributed by atoms with van der Waals surface area (Å²) in [6, 6.07) is 10.4. The van der Waals surface area contributed by atoms with Gasteiger partial charge in [-0.3, -0.25) is 0 Å². The normalized spacial score (nSPS) is 12.4. The second kappa shape index (κ2) is 8.28. The van der Waals surface area contributed by atoms with Crippen molar-refractivity contribution in [2.75, 3.05) is 19.6 Å². The summed E-state index contributed by atoms with van der Waals surface area (Å²) >= 11 is 5.87. The third-order valence-electron chi connectivity index (χ3n) is 4.19. The first-order valence-corrected chi connectivity index (χ1v) is 8.55. The van der Waals surface area contributed by atoms with E-state index >= 15 is 0 Å². The standard InChI is InChI=1S/C19H25ClO2/c1-4-14(10-11-20)13-22-18-12-15(5-2)19(21-3)17-9-7-6-8-16(17)18/h6-9,12,14H,4-5,10-11,13H2,1-3H3. The Morgan fingerprint density at radius 2 is 1.86 bits per heavy atom. The van der Waals surface area contributed by atoms with Crippen LogP contribution in [0.25, 0.3) is 10.8 Å². The number of rotatable bonds is 8. The lowest BCUT2D eigenvalue weighted by Gasteiger charge is -2.18. The Balaban J connectivity index is 2.36. The number of hydrogen-bond acceptors (Lipinski definition) is 2. The van der Waals surface area contributed by atoms with E-state index in [1.165, 1.54) is 5.56 Å². The first-order valence-electron chi connectivity index (χ1n) is 8.02. The van der Waals surface area contributed by atoms with Crippen LogP contribution in [0.5, 0.6) is 11.5 Å². The second-order valence-corrected chi connectivity index (χ2v) is 5.91. The number of methoxy groups -OCH3 is 1. The van der Waals surface area contributed by atoms with Gasteiger partial charge >= 0.3 is 0 Å². The molecule has 0 N–H and O–H groups in total. The first kappa shape index (κ1) is 17.0. The number of ether oxygens (including phenoxy) is 2. The van der Waals surface area contributed by atoms with Gasteiger partial charge in [-0.1, -0.05) is 44.5 Å². The minimum atomic E-state index is 0.503. The van der Waals surface area contributed by atoms with Gasteiger partial charge in [-0.15, -0.1) is 11.6 Å². The van der Waals surface area contributed by atoms with Crippen molar-refractivity contribution in [1.82, 2.24) is 0 Å². The van der Waals surface area contributed by atoms with Crippen LogP contribution in [-0.2, 0) is 6.42 Å². The average Bonchev–Trinajstić information content (AvgIpc) is 2.57. The topological polar surface area (TPSA) is 18.5 Å². The highest BCUT2D eigenvalue weighted by molar-refractivity contribution is 6.17. The van der Waals surface area contributed by atoms with E-state index in [2.05, 4.69) is 32.0 Å². The monoisotopic (exact) mass is 320 g/mol. The van der Waals surface area contributed by atoms with E-state index in [0.29, 0.717) is 18.4 Å². The van der Waals surface area contributed by atoms with Crippen LogP contribution in [0.2, 0.25) is 0 Å². The highest BCUT2D eigenvalue weighted by Gasteiger charge is 2.14. The molecule has 0 heterocycles. The molecule has 3 heteroatoms. The highest BCUT2D eigenvalue weighted by Crippen LogP contribution is 2.37. The Morgan fingerprint density at radius 3 is 2.45 bits per heavy atom. The van der Waals surface area contributed by atoms with E-state index in [0.717, 1.165) is 41.5 Å². The average molecular weight is 321 g/mol. The fourth-order valence-electron chi connectivity index (χ4n) is 2.76. The van der Waals surface area contributed by atoms with Gasteiger partial charge in [0.15, 0.2) is 0 Å². The number of halogens is 1. The van der Waals surface area contributed by atoms with Gasteiger partial charge in [0.05, 0.1) is 13.7 Å². The second-order valence-electron chi connectivity index (χ2n) is 5.53. The van der Waals surface area contributed by atoms with Crippen LogP contribution in [0.3, 0.4) is 0 Å². The Bertz CT molecular complexity index is 610. The zero-order valence-electron chi connectivity index (χ0n) is 13.7. The van der Waals surface area contributed by atoms with Crippen LogP contribution in [-0.4, -0.2) is 19.6 Å². The molecule has 0 saturated carbocycles. The van der Waals surface area contributed by atoms with Gasteiger partial charge < -0.3 is 9.47 Å². The maximum atomic E-state index is 6.15. The van der Waals surface area contributed by atoms with Gasteiger partial charge in [0.2, 0.25) is 0 Å². The summed E-state index contributed by atoms with van der Waals surface area (Å²) in [4.78, 5) is 0. The summed E-state index contributed by atoms with van der Waals surface area (Å²) in [6.07, 6.45) is 3.00. The predicted octanol–water partition coefficient (Wildman–Crippen LogP) is 5.44. The summed E-state index contributed by atoms with van der Waals surface area (Å²) in [5.41, 5.74) is 1.18. The first-order chi connectivity index (χ1) is 10.7. The summed E-state index contributed by atoms with van der Waals surface area (Å²) in [7, 11) is 1.73. The van der Waals surface area contributed by atoms with Crippen LogP contribution in [0.4, 0.5) is 0 Å². The lowest BCUT2D eigenvalue weighted by molar-refractivity contribution is 0.243. The third kappa shape index (κ3) is 3.67. The van der Waals surface area contributed by atoms with Crippen molar-refractivity contribution >= 4 is 22.4 Å². The molecule has 0 fully saturated rings. The molecule has 0 amide bonds. The maximum Gasteiger partial charge on any atom is 0.130 e. The van der Waals surface area contributed by atoms with E-state index in [4.69, 9.17) is 21.1 Å². The Morgan fingerprint density at radius 1 is 1.14 bits per heavy atom. The molecule has 2 aromatic rings. The molecule has 0 spiro atoms. The van der Waals surface area contributed by atoms with Crippen LogP contribution >= 0.6 is 11.6 Å². The number of fused-ring (bicyclic) bond motifs is 1. The third-order valence-corrected chi connectivity index (χ3v) is 4.41. The summed E-state index contributed by atoms with van der Waals surface area (Å²) in [5.74, 6) is 3.09. The molecule has 1 unspecified atom stereocenters. The minimum Gasteiger partial charge on any atom is -0.496 e. The van der Waals surface area contributed by atoms with Crippen molar-refractivity contribution in [1.29, 1.82) is 0 Å². The van der Waals surface area contributed by atoms with Crippen molar-refractivity contribution in [2.24, 2.45) is 5.92 Å². The van der Waals surface area contributed by atoms with E-state index in [-0.39, 0.29) is 0 Å². The largest absolute Gasteiger partial charge is 0.496 e. The molecule has 0 bridgehead atoms. The van der Waals surface area contributed by atoms with Crippen molar-refractivity contribution in [3.8, 4) is 11.5 Å². The predicted molar refractivity (Wildman–Crippen MR) is 94.5 cm³/mol. The molecule has 0 aliphatic heterocycles. The SMILES string of the molecule is CCc1cc(OCC(CC)CCCl)c2ccccc2c1OC. The van der Waals surface area contributed by atoms with E-state index in [1.807, 2.05) is 12.1 Å². The molecule has 0 radical (unpaired) electrons. The molecule has 2 nitrogen and oxygen atoms in total. The number of benzene rings is 2. The van der Waals surface area contributed by atoms with Gasteiger partial charge in [0, 0.05) is 16.7 Å². The minimum absolute atomic E-state index is 0.503. The zero-order chi connectivity index (χ0) is 15.9. The molecule has 0 aromatic heterocycles. The van der Waals surface area contributed by atoms with Gasteiger partial charge in [-0.05, 0) is 30.4 Å². The zero-order valence-corrected chi connectivity index (χ0v) is 14.5. The van der Waals surface area contributed by atoms with Crippen molar-refractivity contribution < 1.29 is 9.47 Å². The summed E-state index contributed by atoms with van der Waals surface area (Å²) < 4.78 is 11.8. The van der Waals surface area contributed by atoms with Gasteiger partial charge in [-0.25, -0.2) is 0 Å². The van der Waals surface area contributed by atoms with E-state index < -0.39 is 0 Å². The summed E-state index contributed by atoms with van der Waals surface area (Å²) in [6.45, 7) is 5.03. The molecule has 22 heavy (non-hydrogen) atoms. The lowest BCUT2D eigenvalue weighted by Crippen LogP contribution is -2.12. The number of alkyl halides is 1. The molecule has 0 saturated heterocycles. The summed E-state index contributed by atoms with van der Waals surface area (Å²) in [5, 5.41) is 2.22. The molecule has 1 atom stereocenters. The Labute approximate surface area is 138 Å². The molecule has 2 aromatic carbocycles. The van der Waals surface area contributed by atoms with Gasteiger partial charge in [0.25, 0.3) is 0 Å². The molecular formula is C19H25ClO2. The van der Waals surface area contributed by atoms with Crippen molar-refractivity contribution in [2.45, 2.75) is 33.1 Å². The smallest absolute Gasteiger partial charge is 0.130 e. The highest BCUT2D eigenvalue weighted by atomic mass is 35.5.